The SMILES string of the molecule is COC(=O)[C@H](C[C@H](C)C#N)NC(=O)[C@H](Cc1cccc(F)c1)NC(C)=O. The fourth-order valence-electron chi connectivity index (χ4n) is 2.39. The van der Waals surface area contributed by atoms with Crippen molar-refractivity contribution in [3.63, 3.8) is 0 Å². The van der Waals surface area contributed by atoms with Gasteiger partial charge in [-0.3, -0.25) is 9.59 Å². The summed E-state index contributed by atoms with van der Waals surface area (Å²) in [6, 6.07) is 5.62. The highest BCUT2D eigenvalue weighted by molar-refractivity contribution is 5.90. The summed E-state index contributed by atoms with van der Waals surface area (Å²) in [4.78, 5) is 35.8. The maximum absolute atomic E-state index is 13.3. The number of methoxy groups -OCH3 is 1. The van der Waals surface area contributed by atoms with Crippen LogP contribution in [0.25, 0.3) is 0 Å². The first-order valence-corrected chi connectivity index (χ1v) is 8.06. The van der Waals surface area contributed by atoms with Gasteiger partial charge in [0.25, 0.3) is 0 Å². The smallest absolute Gasteiger partial charge is 0.328 e. The predicted octanol–water partition coefficient (Wildman–Crippen LogP) is 1.08. The van der Waals surface area contributed by atoms with E-state index in [0.717, 1.165) is 0 Å². The van der Waals surface area contributed by atoms with E-state index in [1.54, 1.807) is 13.0 Å². The molecular weight excluding hydrogens is 341 g/mol. The van der Waals surface area contributed by atoms with Gasteiger partial charge in [0.15, 0.2) is 0 Å². The van der Waals surface area contributed by atoms with Crippen LogP contribution < -0.4 is 10.6 Å². The normalized spacial score (nSPS) is 13.7. The Morgan fingerprint density at radius 1 is 1.27 bits per heavy atom. The summed E-state index contributed by atoms with van der Waals surface area (Å²) in [7, 11) is 1.18. The number of nitrogens with one attached hydrogen (secondary N) is 2. The second kappa shape index (κ2) is 10.1. The van der Waals surface area contributed by atoms with Gasteiger partial charge in [-0.15, -0.1) is 0 Å². The minimum absolute atomic E-state index is 0.0465. The number of hydrogen-bond acceptors (Lipinski definition) is 5. The fourth-order valence-corrected chi connectivity index (χ4v) is 2.39. The molecule has 0 spiro atoms. The van der Waals surface area contributed by atoms with Gasteiger partial charge in [-0.2, -0.15) is 5.26 Å². The first kappa shape index (κ1) is 21.1. The van der Waals surface area contributed by atoms with Crippen LogP contribution in [0.15, 0.2) is 24.3 Å². The number of esters is 1. The molecule has 0 unspecified atom stereocenters. The molecule has 0 aliphatic carbocycles. The van der Waals surface area contributed by atoms with Crippen molar-refractivity contribution in [3.05, 3.63) is 35.6 Å². The highest BCUT2D eigenvalue weighted by Crippen LogP contribution is 2.10. The standard InChI is InChI=1S/C18H22FN3O4/c1-11(10-20)7-16(18(25)26-3)22-17(24)15(21-12(2)23)9-13-5-4-6-14(19)8-13/h4-6,8,11,15-16H,7,9H2,1-3H3,(H,21,23)(H,22,24)/t11-,15-,16-/m0/s1. The van der Waals surface area contributed by atoms with E-state index in [1.807, 2.05) is 6.07 Å². The molecule has 8 heteroatoms. The van der Waals surface area contributed by atoms with Crippen molar-refractivity contribution in [1.29, 1.82) is 5.26 Å². The molecule has 0 saturated carbocycles. The van der Waals surface area contributed by atoms with Gasteiger partial charge in [-0.1, -0.05) is 12.1 Å². The van der Waals surface area contributed by atoms with Gasteiger partial charge in [0.1, 0.15) is 17.9 Å². The first-order valence-electron chi connectivity index (χ1n) is 8.06. The second-order valence-corrected chi connectivity index (χ2v) is 5.94. The van der Waals surface area contributed by atoms with Gasteiger partial charge >= 0.3 is 5.97 Å². The van der Waals surface area contributed by atoms with E-state index in [2.05, 4.69) is 15.4 Å². The first-order chi connectivity index (χ1) is 12.3. The number of ether oxygens (including phenoxy) is 1. The molecule has 0 aliphatic rings. The lowest BCUT2D eigenvalue weighted by molar-refractivity contribution is -0.145. The number of amides is 2. The van der Waals surface area contributed by atoms with E-state index >= 15 is 0 Å². The second-order valence-electron chi connectivity index (χ2n) is 5.94. The highest BCUT2D eigenvalue weighted by Gasteiger charge is 2.28. The molecule has 0 bridgehead atoms. The lowest BCUT2D eigenvalue weighted by Crippen LogP contribution is -2.52. The third-order valence-corrected chi connectivity index (χ3v) is 3.63. The number of hydrogen-bond donors (Lipinski definition) is 2. The molecule has 1 aromatic carbocycles. The number of carbonyl (C=O) groups excluding carboxylic acids is 3. The average Bonchev–Trinajstić information content (AvgIpc) is 2.59. The molecule has 0 radical (unpaired) electrons. The van der Waals surface area contributed by atoms with E-state index in [4.69, 9.17) is 5.26 Å². The number of rotatable bonds is 8. The summed E-state index contributed by atoms with van der Waals surface area (Å²) in [5.41, 5.74) is 0.513. The van der Waals surface area contributed by atoms with Crippen LogP contribution in [0.1, 0.15) is 25.8 Å². The zero-order valence-electron chi connectivity index (χ0n) is 14.9. The summed E-state index contributed by atoms with van der Waals surface area (Å²) >= 11 is 0. The molecule has 26 heavy (non-hydrogen) atoms. The molecule has 0 heterocycles. The molecule has 0 aliphatic heterocycles. The summed E-state index contributed by atoms with van der Waals surface area (Å²) < 4.78 is 18.0. The minimum Gasteiger partial charge on any atom is -0.467 e. The average molecular weight is 363 g/mol. The van der Waals surface area contributed by atoms with E-state index in [-0.39, 0.29) is 12.8 Å². The summed E-state index contributed by atoms with van der Waals surface area (Å²) in [5.74, 6) is -2.69. The van der Waals surface area contributed by atoms with Crippen molar-refractivity contribution in [1.82, 2.24) is 10.6 Å². The van der Waals surface area contributed by atoms with E-state index in [0.29, 0.717) is 5.56 Å². The van der Waals surface area contributed by atoms with Crippen molar-refractivity contribution in [3.8, 4) is 6.07 Å². The summed E-state index contributed by atoms with van der Waals surface area (Å²) in [6.45, 7) is 2.86. The number of carbonyl (C=O) groups is 3. The van der Waals surface area contributed by atoms with Crippen LogP contribution in [-0.4, -0.2) is 37.0 Å². The Bertz CT molecular complexity index is 702. The zero-order valence-corrected chi connectivity index (χ0v) is 14.9. The van der Waals surface area contributed by atoms with E-state index in [1.165, 1.54) is 32.2 Å². The molecule has 140 valence electrons. The van der Waals surface area contributed by atoms with Crippen LogP contribution in [0.5, 0.6) is 0 Å². The molecule has 2 N–H and O–H groups in total. The number of halogens is 1. The van der Waals surface area contributed by atoms with Gasteiger partial charge in [0, 0.05) is 19.3 Å². The van der Waals surface area contributed by atoms with Gasteiger partial charge in [-0.25, -0.2) is 9.18 Å². The van der Waals surface area contributed by atoms with Gasteiger partial charge in [-0.05, 0) is 31.0 Å². The van der Waals surface area contributed by atoms with Crippen LogP contribution in [0.2, 0.25) is 0 Å². The van der Waals surface area contributed by atoms with Crippen LogP contribution in [-0.2, 0) is 25.5 Å². The van der Waals surface area contributed by atoms with Crippen molar-refractivity contribution < 1.29 is 23.5 Å². The Labute approximate surface area is 151 Å². The van der Waals surface area contributed by atoms with Crippen molar-refractivity contribution >= 4 is 17.8 Å². The lowest BCUT2D eigenvalue weighted by atomic mass is 10.0. The Morgan fingerprint density at radius 3 is 2.50 bits per heavy atom. The Hall–Kier alpha value is -2.95. The molecule has 0 fully saturated rings. The zero-order chi connectivity index (χ0) is 19.7. The minimum atomic E-state index is -1.02. The maximum atomic E-state index is 13.3. The van der Waals surface area contributed by atoms with Gasteiger partial charge < -0.3 is 15.4 Å². The third kappa shape index (κ3) is 6.89. The Balaban J connectivity index is 2.93. The Kier molecular flexibility index (Phi) is 8.22. The molecule has 3 atom stereocenters. The number of benzene rings is 1. The topological polar surface area (TPSA) is 108 Å². The molecular formula is C18H22FN3O4. The van der Waals surface area contributed by atoms with Crippen LogP contribution >= 0.6 is 0 Å². The Morgan fingerprint density at radius 2 is 1.96 bits per heavy atom. The molecule has 0 aromatic heterocycles. The summed E-state index contributed by atoms with van der Waals surface area (Å²) in [6.07, 6.45) is 0.118. The lowest BCUT2D eigenvalue weighted by Gasteiger charge is -2.22. The largest absolute Gasteiger partial charge is 0.467 e. The number of nitriles is 1. The molecule has 0 saturated heterocycles. The molecule has 1 aromatic rings. The molecule has 1 rings (SSSR count). The molecule has 7 nitrogen and oxygen atoms in total. The van der Waals surface area contributed by atoms with E-state index in [9.17, 15) is 18.8 Å². The summed E-state index contributed by atoms with van der Waals surface area (Å²) in [5, 5.41) is 13.9. The van der Waals surface area contributed by atoms with Crippen LogP contribution in [0.4, 0.5) is 4.39 Å². The van der Waals surface area contributed by atoms with Gasteiger partial charge in [0.2, 0.25) is 11.8 Å². The third-order valence-electron chi connectivity index (χ3n) is 3.63. The van der Waals surface area contributed by atoms with E-state index < -0.39 is 41.6 Å². The van der Waals surface area contributed by atoms with Crippen molar-refractivity contribution in [2.24, 2.45) is 5.92 Å². The van der Waals surface area contributed by atoms with Crippen LogP contribution in [0, 0.1) is 23.1 Å². The van der Waals surface area contributed by atoms with Crippen molar-refractivity contribution in [2.75, 3.05) is 7.11 Å². The van der Waals surface area contributed by atoms with Crippen LogP contribution in [0.3, 0.4) is 0 Å². The monoisotopic (exact) mass is 363 g/mol. The fraction of sp³-hybridized carbons (Fsp3) is 0.444. The predicted molar refractivity (Wildman–Crippen MR) is 91.0 cm³/mol. The quantitative estimate of drug-likeness (QED) is 0.672. The van der Waals surface area contributed by atoms with Gasteiger partial charge in [0.05, 0.1) is 13.2 Å². The van der Waals surface area contributed by atoms with Crippen molar-refractivity contribution in [2.45, 2.75) is 38.8 Å². The highest BCUT2D eigenvalue weighted by atomic mass is 19.1. The number of nitrogens with zero attached hydrogens (tertiary/aromatic N) is 1. The molecule has 2 amide bonds. The maximum Gasteiger partial charge on any atom is 0.328 e.